The number of aryl methyl sites for hydroxylation is 1. The molecule has 0 fully saturated rings. The first-order valence-corrected chi connectivity index (χ1v) is 8.25. The van der Waals surface area contributed by atoms with E-state index >= 15 is 0 Å². The van der Waals surface area contributed by atoms with Gasteiger partial charge in [0.05, 0.1) is 0 Å². The van der Waals surface area contributed by atoms with Gasteiger partial charge < -0.3 is 5.32 Å². The van der Waals surface area contributed by atoms with Crippen molar-refractivity contribution in [1.82, 2.24) is 5.32 Å². The molecule has 1 atom stereocenters. The highest BCUT2D eigenvalue weighted by Gasteiger charge is 2.15. The van der Waals surface area contributed by atoms with Crippen LogP contribution in [0.3, 0.4) is 0 Å². The van der Waals surface area contributed by atoms with E-state index in [1.807, 2.05) is 26.1 Å². The molecule has 1 N–H and O–H groups in total. The molecular formula is C16H16BrFIN. The molecule has 1 nitrogen and oxygen atoms in total. The Bertz CT molecular complexity index is 615. The minimum absolute atomic E-state index is 0.177. The van der Waals surface area contributed by atoms with Gasteiger partial charge in [0.2, 0.25) is 0 Å². The Balaban J connectivity index is 2.31. The summed E-state index contributed by atoms with van der Waals surface area (Å²) in [5.41, 5.74) is 3.42. The fourth-order valence-corrected chi connectivity index (χ4v) is 3.35. The van der Waals surface area contributed by atoms with Crippen molar-refractivity contribution in [2.75, 3.05) is 7.05 Å². The number of nitrogens with one attached hydrogen (secondary N) is 1. The zero-order chi connectivity index (χ0) is 14.7. The van der Waals surface area contributed by atoms with E-state index in [4.69, 9.17) is 0 Å². The van der Waals surface area contributed by atoms with Crippen molar-refractivity contribution in [3.8, 4) is 0 Å². The van der Waals surface area contributed by atoms with Crippen LogP contribution in [0, 0.1) is 16.3 Å². The minimum Gasteiger partial charge on any atom is -0.313 e. The van der Waals surface area contributed by atoms with Crippen LogP contribution >= 0.6 is 38.5 Å². The normalized spacial score (nSPS) is 12.4. The third-order valence-corrected chi connectivity index (χ3v) is 4.89. The maximum atomic E-state index is 13.2. The minimum atomic E-state index is -0.177. The second-order valence-electron chi connectivity index (χ2n) is 4.78. The Morgan fingerprint density at radius 3 is 2.65 bits per heavy atom. The highest BCUT2D eigenvalue weighted by atomic mass is 127. The number of rotatable bonds is 4. The number of halogens is 3. The van der Waals surface area contributed by atoms with Crippen LogP contribution in [0.5, 0.6) is 0 Å². The van der Waals surface area contributed by atoms with Crippen molar-refractivity contribution in [3.05, 3.63) is 66.9 Å². The summed E-state index contributed by atoms with van der Waals surface area (Å²) in [7, 11) is 1.96. The van der Waals surface area contributed by atoms with Gasteiger partial charge in [-0.25, -0.2) is 4.39 Å². The zero-order valence-corrected chi connectivity index (χ0v) is 15.1. The second kappa shape index (κ2) is 7.00. The Labute approximate surface area is 141 Å². The van der Waals surface area contributed by atoms with Crippen molar-refractivity contribution < 1.29 is 4.39 Å². The molecule has 2 aromatic carbocycles. The molecule has 20 heavy (non-hydrogen) atoms. The molecule has 0 saturated heterocycles. The van der Waals surface area contributed by atoms with Crippen LogP contribution in [0.4, 0.5) is 4.39 Å². The maximum Gasteiger partial charge on any atom is 0.123 e. The smallest absolute Gasteiger partial charge is 0.123 e. The molecule has 0 aromatic heterocycles. The van der Waals surface area contributed by atoms with Gasteiger partial charge in [0.25, 0.3) is 0 Å². The number of likely N-dealkylation sites (N-methyl/N-ethyl adjacent to an activating group) is 1. The Morgan fingerprint density at radius 2 is 2.00 bits per heavy atom. The molecule has 0 radical (unpaired) electrons. The van der Waals surface area contributed by atoms with Crippen LogP contribution in [0.15, 0.2) is 40.9 Å². The summed E-state index contributed by atoms with van der Waals surface area (Å²) in [5.74, 6) is -0.177. The van der Waals surface area contributed by atoms with Crippen molar-refractivity contribution in [1.29, 1.82) is 0 Å². The molecule has 0 bridgehead atoms. The van der Waals surface area contributed by atoms with E-state index < -0.39 is 0 Å². The molecule has 0 amide bonds. The fourth-order valence-electron chi connectivity index (χ4n) is 2.26. The fraction of sp³-hybridized carbons (Fsp3) is 0.250. The van der Waals surface area contributed by atoms with Gasteiger partial charge in [0.1, 0.15) is 5.82 Å². The van der Waals surface area contributed by atoms with Crippen LogP contribution in [0.2, 0.25) is 0 Å². The molecule has 0 aliphatic carbocycles. The predicted molar refractivity (Wildman–Crippen MR) is 93.5 cm³/mol. The van der Waals surface area contributed by atoms with E-state index in [0.29, 0.717) is 0 Å². The molecule has 2 rings (SSSR count). The van der Waals surface area contributed by atoms with Gasteiger partial charge in [-0.15, -0.1) is 0 Å². The summed E-state index contributed by atoms with van der Waals surface area (Å²) in [4.78, 5) is 0. The van der Waals surface area contributed by atoms with Crippen LogP contribution in [-0.2, 0) is 6.42 Å². The van der Waals surface area contributed by atoms with Crippen molar-refractivity contribution in [2.24, 2.45) is 0 Å². The van der Waals surface area contributed by atoms with Crippen molar-refractivity contribution in [3.63, 3.8) is 0 Å². The van der Waals surface area contributed by atoms with E-state index in [2.05, 4.69) is 56.0 Å². The quantitative estimate of drug-likeness (QED) is 0.650. The van der Waals surface area contributed by atoms with Crippen LogP contribution < -0.4 is 5.32 Å². The predicted octanol–water partition coefficient (Wildman–Crippen LogP) is 5.00. The largest absolute Gasteiger partial charge is 0.313 e. The average Bonchev–Trinajstić information content (AvgIpc) is 2.41. The third kappa shape index (κ3) is 3.80. The zero-order valence-electron chi connectivity index (χ0n) is 11.4. The lowest BCUT2D eigenvalue weighted by Crippen LogP contribution is -2.20. The maximum absolute atomic E-state index is 13.2. The van der Waals surface area contributed by atoms with Gasteiger partial charge >= 0.3 is 0 Å². The van der Waals surface area contributed by atoms with Crippen LogP contribution in [0.1, 0.15) is 22.7 Å². The first-order valence-electron chi connectivity index (χ1n) is 6.38. The van der Waals surface area contributed by atoms with Gasteiger partial charge in [-0.05, 0) is 90.0 Å². The summed E-state index contributed by atoms with van der Waals surface area (Å²) >= 11 is 5.87. The van der Waals surface area contributed by atoms with Gasteiger partial charge in [-0.2, -0.15) is 0 Å². The Kier molecular flexibility index (Phi) is 5.57. The lowest BCUT2D eigenvalue weighted by molar-refractivity contribution is 0.584. The van der Waals surface area contributed by atoms with Gasteiger partial charge in [0, 0.05) is 14.1 Å². The molecule has 0 heterocycles. The van der Waals surface area contributed by atoms with Crippen molar-refractivity contribution in [2.45, 2.75) is 19.4 Å². The number of hydrogen-bond donors (Lipinski definition) is 1. The van der Waals surface area contributed by atoms with Crippen LogP contribution in [0.25, 0.3) is 0 Å². The van der Waals surface area contributed by atoms with Crippen LogP contribution in [-0.4, -0.2) is 7.05 Å². The molecule has 0 aliphatic heterocycles. The lowest BCUT2D eigenvalue weighted by Gasteiger charge is -2.20. The molecule has 2 aromatic rings. The molecule has 106 valence electrons. The van der Waals surface area contributed by atoms with E-state index in [1.54, 1.807) is 6.07 Å². The van der Waals surface area contributed by atoms with E-state index in [9.17, 15) is 4.39 Å². The molecule has 0 aliphatic rings. The Hall–Kier alpha value is -0.460. The number of hydrogen-bond acceptors (Lipinski definition) is 1. The highest BCUT2D eigenvalue weighted by molar-refractivity contribution is 14.1. The standard InChI is InChI=1S/C16H16BrFIN/c1-10-7-13(18)5-3-11(10)8-16(20-2)14-9-12(17)4-6-15(14)19/h3-7,9,16,20H,8H2,1-2H3. The lowest BCUT2D eigenvalue weighted by atomic mass is 9.96. The molecule has 4 heteroatoms. The molecule has 1 unspecified atom stereocenters. The monoisotopic (exact) mass is 447 g/mol. The summed E-state index contributed by atoms with van der Waals surface area (Å²) in [6.45, 7) is 1.96. The summed E-state index contributed by atoms with van der Waals surface area (Å²) in [6.07, 6.45) is 0.842. The topological polar surface area (TPSA) is 12.0 Å². The van der Waals surface area contributed by atoms with Gasteiger partial charge in [-0.3, -0.25) is 0 Å². The summed E-state index contributed by atoms with van der Waals surface area (Å²) < 4.78 is 15.5. The number of benzene rings is 2. The average molecular weight is 448 g/mol. The summed E-state index contributed by atoms with van der Waals surface area (Å²) in [5, 5.41) is 3.36. The van der Waals surface area contributed by atoms with E-state index in [-0.39, 0.29) is 11.9 Å². The summed E-state index contributed by atoms with van der Waals surface area (Å²) in [6, 6.07) is 11.5. The second-order valence-corrected chi connectivity index (χ2v) is 6.86. The highest BCUT2D eigenvalue weighted by Crippen LogP contribution is 2.27. The molecular weight excluding hydrogens is 432 g/mol. The van der Waals surface area contributed by atoms with E-state index in [0.717, 1.165) is 16.5 Å². The molecule has 0 spiro atoms. The third-order valence-electron chi connectivity index (χ3n) is 3.41. The van der Waals surface area contributed by atoms with E-state index in [1.165, 1.54) is 20.8 Å². The van der Waals surface area contributed by atoms with Crippen molar-refractivity contribution >= 4 is 38.5 Å². The van der Waals surface area contributed by atoms with Gasteiger partial charge in [0.15, 0.2) is 0 Å². The Morgan fingerprint density at radius 1 is 1.25 bits per heavy atom. The van der Waals surface area contributed by atoms with Gasteiger partial charge in [-0.1, -0.05) is 22.0 Å². The first kappa shape index (κ1) is 15.9. The first-order chi connectivity index (χ1) is 9.51. The SMILES string of the molecule is CNC(Cc1ccc(F)cc1C)c1cc(Br)ccc1I. The molecule has 0 saturated carbocycles.